The predicted molar refractivity (Wildman–Crippen MR) is 107 cm³/mol. The predicted octanol–water partition coefficient (Wildman–Crippen LogP) is 3.80. The Hall–Kier alpha value is -3.94. The number of aryl methyl sites for hydroxylation is 2. The van der Waals surface area contributed by atoms with E-state index in [1.54, 1.807) is 24.3 Å². The summed E-state index contributed by atoms with van der Waals surface area (Å²) in [5, 5.41) is 13.2. The number of nitrogens with zero attached hydrogens (tertiary/aromatic N) is 2. The molecule has 0 aliphatic carbocycles. The monoisotopic (exact) mass is 393 g/mol. The number of aromatic nitrogens is 1. The maximum absolute atomic E-state index is 12.2. The van der Waals surface area contributed by atoms with Gasteiger partial charge in [-0.15, -0.1) is 0 Å². The van der Waals surface area contributed by atoms with Crippen LogP contribution in [-0.2, 0) is 9.53 Å². The van der Waals surface area contributed by atoms with Gasteiger partial charge in [-0.3, -0.25) is 14.9 Å². The van der Waals surface area contributed by atoms with Gasteiger partial charge < -0.3 is 14.6 Å². The Morgan fingerprint density at radius 3 is 2.31 bits per heavy atom. The van der Waals surface area contributed by atoms with Gasteiger partial charge in [0.1, 0.15) is 0 Å². The van der Waals surface area contributed by atoms with Gasteiger partial charge in [0.2, 0.25) is 0 Å². The highest BCUT2D eigenvalue weighted by molar-refractivity contribution is 5.95. The van der Waals surface area contributed by atoms with Crippen molar-refractivity contribution in [3.63, 3.8) is 0 Å². The van der Waals surface area contributed by atoms with Crippen molar-refractivity contribution < 1.29 is 19.2 Å². The maximum atomic E-state index is 12.2. The average molecular weight is 393 g/mol. The van der Waals surface area contributed by atoms with Crippen LogP contribution in [0.25, 0.3) is 5.69 Å². The average Bonchev–Trinajstić information content (AvgIpc) is 3.04. The molecular formula is C21H19N3O5. The number of amides is 1. The molecule has 0 atom stereocenters. The van der Waals surface area contributed by atoms with Crippen LogP contribution in [0.4, 0.5) is 11.4 Å². The molecule has 1 amide bonds. The minimum Gasteiger partial charge on any atom is -0.452 e. The lowest BCUT2D eigenvalue weighted by atomic mass is 10.2. The van der Waals surface area contributed by atoms with Crippen LogP contribution in [0.1, 0.15) is 21.7 Å². The fourth-order valence-corrected chi connectivity index (χ4v) is 2.93. The first-order chi connectivity index (χ1) is 13.8. The van der Waals surface area contributed by atoms with Crippen LogP contribution < -0.4 is 5.32 Å². The number of esters is 1. The van der Waals surface area contributed by atoms with Gasteiger partial charge in [-0.05, 0) is 56.3 Å². The van der Waals surface area contributed by atoms with Crippen molar-refractivity contribution in [1.82, 2.24) is 4.57 Å². The number of nitrogens with one attached hydrogen (secondary N) is 1. The molecule has 0 unspecified atom stereocenters. The number of benzene rings is 2. The number of carbonyl (C=O) groups is 2. The minimum absolute atomic E-state index is 0.145. The molecular weight excluding hydrogens is 374 g/mol. The van der Waals surface area contributed by atoms with Gasteiger partial charge >= 0.3 is 5.97 Å². The number of nitro groups is 1. The van der Waals surface area contributed by atoms with Crippen molar-refractivity contribution in [3.05, 3.63) is 87.7 Å². The smallest absolute Gasteiger partial charge is 0.338 e. The van der Waals surface area contributed by atoms with Crippen molar-refractivity contribution >= 4 is 23.3 Å². The van der Waals surface area contributed by atoms with E-state index in [1.807, 2.05) is 26.0 Å². The van der Waals surface area contributed by atoms with E-state index in [4.69, 9.17) is 4.74 Å². The molecule has 0 radical (unpaired) electrons. The van der Waals surface area contributed by atoms with Crippen LogP contribution in [0.3, 0.4) is 0 Å². The number of non-ortho nitro benzene ring substituents is 1. The molecule has 2 aromatic carbocycles. The fraction of sp³-hybridized carbons (Fsp3) is 0.143. The number of carbonyl (C=O) groups excluding carboxylic acids is 2. The Morgan fingerprint density at radius 1 is 1.03 bits per heavy atom. The zero-order chi connectivity index (χ0) is 21.0. The number of hydrogen-bond acceptors (Lipinski definition) is 5. The van der Waals surface area contributed by atoms with Crippen molar-refractivity contribution in [1.29, 1.82) is 0 Å². The van der Waals surface area contributed by atoms with E-state index in [9.17, 15) is 19.7 Å². The molecule has 3 rings (SSSR count). The standard InChI is InChI=1S/C21H19N3O5/c1-14-6-7-15(2)23(14)18-10-8-16(9-11-18)21(26)29-13-20(25)22-17-4-3-5-19(12-17)24(27)28/h3-12H,13H2,1-2H3,(H,22,25). The molecule has 1 heterocycles. The summed E-state index contributed by atoms with van der Waals surface area (Å²) in [6.45, 7) is 3.49. The van der Waals surface area contributed by atoms with Crippen molar-refractivity contribution in [3.8, 4) is 5.69 Å². The van der Waals surface area contributed by atoms with Crippen LogP contribution in [-0.4, -0.2) is 28.0 Å². The molecule has 8 nitrogen and oxygen atoms in total. The number of hydrogen-bond donors (Lipinski definition) is 1. The first-order valence-corrected chi connectivity index (χ1v) is 8.82. The highest BCUT2D eigenvalue weighted by atomic mass is 16.6. The lowest BCUT2D eigenvalue weighted by Gasteiger charge is -2.10. The molecule has 148 valence electrons. The Morgan fingerprint density at radius 2 is 1.69 bits per heavy atom. The Bertz CT molecular complexity index is 1050. The number of nitro benzene ring substituents is 1. The molecule has 1 N–H and O–H groups in total. The SMILES string of the molecule is Cc1ccc(C)n1-c1ccc(C(=O)OCC(=O)Nc2cccc([N+](=O)[O-])c2)cc1. The Kier molecular flexibility index (Phi) is 5.73. The van der Waals surface area contributed by atoms with Gasteiger partial charge in [0.25, 0.3) is 11.6 Å². The third kappa shape index (κ3) is 4.67. The van der Waals surface area contributed by atoms with E-state index in [2.05, 4.69) is 9.88 Å². The first kappa shape index (κ1) is 19.8. The van der Waals surface area contributed by atoms with Crippen LogP contribution in [0, 0.1) is 24.0 Å². The number of rotatable bonds is 6. The molecule has 0 saturated carbocycles. The second-order valence-electron chi connectivity index (χ2n) is 6.43. The molecule has 0 saturated heterocycles. The largest absolute Gasteiger partial charge is 0.452 e. The summed E-state index contributed by atoms with van der Waals surface area (Å²) >= 11 is 0. The summed E-state index contributed by atoms with van der Waals surface area (Å²) in [5.74, 6) is -1.22. The van der Waals surface area contributed by atoms with E-state index in [0.29, 0.717) is 5.56 Å². The zero-order valence-electron chi connectivity index (χ0n) is 15.9. The van der Waals surface area contributed by atoms with E-state index in [0.717, 1.165) is 17.1 Å². The van der Waals surface area contributed by atoms with Gasteiger partial charge in [-0.2, -0.15) is 0 Å². The lowest BCUT2D eigenvalue weighted by Crippen LogP contribution is -2.21. The third-order valence-electron chi connectivity index (χ3n) is 4.31. The number of anilines is 1. The lowest BCUT2D eigenvalue weighted by molar-refractivity contribution is -0.384. The summed E-state index contributed by atoms with van der Waals surface area (Å²) in [6.07, 6.45) is 0. The summed E-state index contributed by atoms with van der Waals surface area (Å²) in [7, 11) is 0. The van der Waals surface area contributed by atoms with E-state index < -0.39 is 23.4 Å². The molecule has 1 aromatic heterocycles. The van der Waals surface area contributed by atoms with Crippen LogP contribution in [0.5, 0.6) is 0 Å². The van der Waals surface area contributed by atoms with Gasteiger partial charge in [0, 0.05) is 34.9 Å². The van der Waals surface area contributed by atoms with Crippen molar-refractivity contribution in [2.24, 2.45) is 0 Å². The van der Waals surface area contributed by atoms with Crippen molar-refractivity contribution in [2.75, 3.05) is 11.9 Å². The fourth-order valence-electron chi connectivity index (χ4n) is 2.93. The van der Waals surface area contributed by atoms with Gasteiger partial charge in [0.05, 0.1) is 10.5 Å². The summed E-state index contributed by atoms with van der Waals surface area (Å²) in [4.78, 5) is 34.3. The van der Waals surface area contributed by atoms with E-state index in [-0.39, 0.29) is 11.4 Å². The minimum atomic E-state index is -0.633. The van der Waals surface area contributed by atoms with Crippen LogP contribution in [0.2, 0.25) is 0 Å². The summed E-state index contributed by atoms with van der Waals surface area (Å²) in [6, 6.07) is 16.4. The van der Waals surface area contributed by atoms with Crippen LogP contribution >= 0.6 is 0 Å². The Labute approximate surface area is 166 Å². The van der Waals surface area contributed by atoms with E-state index in [1.165, 1.54) is 24.3 Å². The van der Waals surface area contributed by atoms with Gasteiger partial charge in [-0.1, -0.05) is 6.07 Å². The first-order valence-electron chi connectivity index (χ1n) is 8.82. The molecule has 0 fully saturated rings. The highest BCUT2D eigenvalue weighted by Gasteiger charge is 2.13. The highest BCUT2D eigenvalue weighted by Crippen LogP contribution is 2.18. The second kappa shape index (κ2) is 8.39. The normalized spacial score (nSPS) is 10.4. The van der Waals surface area contributed by atoms with E-state index >= 15 is 0 Å². The summed E-state index contributed by atoms with van der Waals surface area (Å²) < 4.78 is 7.08. The van der Waals surface area contributed by atoms with Crippen molar-refractivity contribution in [2.45, 2.75) is 13.8 Å². The summed E-state index contributed by atoms with van der Waals surface area (Å²) in [5.41, 5.74) is 3.51. The topological polar surface area (TPSA) is 103 Å². The zero-order valence-corrected chi connectivity index (χ0v) is 15.9. The third-order valence-corrected chi connectivity index (χ3v) is 4.31. The molecule has 29 heavy (non-hydrogen) atoms. The van der Waals surface area contributed by atoms with Gasteiger partial charge in [0.15, 0.2) is 6.61 Å². The molecule has 0 spiro atoms. The second-order valence-corrected chi connectivity index (χ2v) is 6.43. The maximum Gasteiger partial charge on any atom is 0.338 e. The molecule has 0 aliphatic heterocycles. The Balaban J connectivity index is 1.58. The van der Waals surface area contributed by atoms with Gasteiger partial charge in [-0.25, -0.2) is 4.79 Å². The molecule has 0 bridgehead atoms. The number of ether oxygens (including phenoxy) is 1. The molecule has 0 aliphatic rings. The molecule has 3 aromatic rings. The molecule has 8 heteroatoms. The van der Waals surface area contributed by atoms with Crippen LogP contribution in [0.15, 0.2) is 60.7 Å². The quantitative estimate of drug-likeness (QED) is 0.390.